The van der Waals surface area contributed by atoms with E-state index in [1.165, 1.54) is 11.3 Å². The van der Waals surface area contributed by atoms with Gasteiger partial charge in [0.15, 0.2) is 0 Å². The first kappa shape index (κ1) is 11.9. The SMILES string of the molecule is Cc1cc(C(=O)N2CCn3ccnc3C2)sc1Br. The van der Waals surface area contributed by atoms with Gasteiger partial charge in [0, 0.05) is 25.5 Å². The van der Waals surface area contributed by atoms with Crippen LogP contribution in [0.2, 0.25) is 0 Å². The number of fused-ring (bicyclic) bond motifs is 1. The van der Waals surface area contributed by atoms with Crippen molar-refractivity contribution in [1.29, 1.82) is 0 Å². The van der Waals surface area contributed by atoms with Crippen molar-refractivity contribution >= 4 is 33.2 Å². The molecule has 3 heterocycles. The summed E-state index contributed by atoms with van der Waals surface area (Å²) in [4.78, 5) is 19.3. The molecule has 0 saturated heterocycles. The molecule has 1 aliphatic heterocycles. The summed E-state index contributed by atoms with van der Waals surface area (Å²) in [5, 5.41) is 0. The van der Waals surface area contributed by atoms with E-state index in [1.807, 2.05) is 24.1 Å². The average Bonchev–Trinajstić information content (AvgIpc) is 2.95. The Morgan fingerprint density at radius 3 is 3.06 bits per heavy atom. The van der Waals surface area contributed by atoms with Crippen molar-refractivity contribution in [3.05, 3.63) is 38.5 Å². The molecule has 1 aliphatic rings. The molecule has 0 saturated carbocycles. The highest BCUT2D eigenvalue weighted by Gasteiger charge is 2.23. The monoisotopic (exact) mass is 325 g/mol. The van der Waals surface area contributed by atoms with Crippen LogP contribution in [0.15, 0.2) is 22.2 Å². The minimum atomic E-state index is 0.100. The molecule has 0 spiro atoms. The van der Waals surface area contributed by atoms with E-state index in [4.69, 9.17) is 0 Å². The summed E-state index contributed by atoms with van der Waals surface area (Å²) in [6.07, 6.45) is 3.75. The van der Waals surface area contributed by atoms with E-state index in [9.17, 15) is 4.79 Å². The lowest BCUT2D eigenvalue weighted by atomic mass is 10.3. The van der Waals surface area contributed by atoms with Gasteiger partial charge in [-0.2, -0.15) is 0 Å². The molecule has 2 aromatic rings. The van der Waals surface area contributed by atoms with Gasteiger partial charge >= 0.3 is 0 Å². The van der Waals surface area contributed by atoms with Gasteiger partial charge in [-0.05, 0) is 34.5 Å². The van der Waals surface area contributed by atoms with Crippen molar-refractivity contribution < 1.29 is 4.79 Å². The maximum atomic E-state index is 12.4. The zero-order chi connectivity index (χ0) is 12.7. The van der Waals surface area contributed by atoms with Gasteiger partial charge in [0.05, 0.1) is 15.2 Å². The molecule has 0 fully saturated rings. The third-order valence-electron chi connectivity index (χ3n) is 3.10. The number of aryl methyl sites for hydroxylation is 1. The van der Waals surface area contributed by atoms with Crippen LogP contribution in [0.1, 0.15) is 21.1 Å². The molecule has 1 amide bonds. The van der Waals surface area contributed by atoms with Crippen LogP contribution >= 0.6 is 27.3 Å². The molecular weight excluding hydrogens is 314 g/mol. The van der Waals surface area contributed by atoms with Crippen molar-refractivity contribution in [2.45, 2.75) is 20.0 Å². The van der Waals surface area contributed by atoms with Gasteiger partial charge in [-0.1, -0.05) is 0 Å². The second-order valence-electron chi connectivity index (χ2n) is 4.33. The summed E-state index contributed by atoms with van der Waals surface area (Å²) in [6, 6.07) is 1.94. The van der Waals surface area contributed by atoms with E-state index in [0.717, 1.165) is 33.1 Å². The number of amides is 1. The Labute approximate surface area is 117 Å². The predicted octanol–water partition coefficient (Wildman–Crippen LogP) is 2.67. The molecule has 0 unspecified atom stereocenters. The first-order valence-corrected chi connectivity index (χ1v) is 7.31. The highest BCUT2D eigenvalue weighted by Crippen LogP contribution is 2.28. The third kappa shape index (κ3) is 1.99. The normalized spacial score (nSPS) is 14.7. The van der Waals surface area contributed by atoms with Crippen molar-refractivity contribution in [2.75, 3.05) is 6.54 Å². The van der Waals surface area contributed by atoms with Crippen LogP contribution in [-0.4, -0.2) is 26.9 Å². The van der Waals surface area contributed by atoms with Gasteiger partial charge in [-0.15, -0.1) is 11.3 Å². The molecule has 2 aromatic heterocycles. The maximum absolute atomic E-state index is 12.4. The summed E-state index contributed by atoms with van der Waals surface area (Å²) in [5.41, 5.74) is 1.11. The van der Waals surface area contributed by atoms with Gasteiger partial charge in [0.2, 0.25) is 0 Å². The van der Waals surface area contributed by atoms with E-state index in [1.54, 1.807) is 6.20 Å². The molecular formula is C12H12BrN3OS. The van der Waals surface area contributed by atoms with Gasteiger partial charge < -0.3 is 9.47 Å². The Hall–Kier alpha value is -1.14. The molecule has 0 N–H and O–H groups in total. The number of nitrogens with zero attached hydrogens (tertiary/aromatic N) is 3. The van der Waals surface area contributed by atoms with E-state index in [2.05, 4.69) is 25.5 Å². The van der Waals surface area contributed by atoms with E-state index in [-0.39, 0.29) is 5.91 Å². The minimum Gasteiger partial charge on any atom is -0.332 e. The maximum Gasteiger partial charge on any atom is 0.264 e. The lowest BCUT2D eigenvalue weighted by molar-refractivity contribution is 0.0712. The Bertz CT molecular complexity index is 585. The van der Waals surface area contributed by atoms with Gasteiger partial charge in [0.25, 0.3) is 5.91 Å². The predicted molar refractivity (Wildman–Crippen MR) is 73.7 cm³/mol. The Balaban J connectivity index is 1.82. The largest absolute Gasteiger partial charge is 0.332 e. The van der Waals surface area contributed by atoms with Crippen molar-refractivity contribution in [3.8, 4) is 0 Å². The number of carbonyl (C=O) groups is 1. The molecule has 0 aliphatic carbocycles. The molecule has 94 valence electrons. The molecule has 3 rings (SSSR count). The summed E-state index contributed by atoms with van der Waals surface area (Å²) >= 11 is 4.96. The number of imidazole rings is 1. The van der Waals surface area contributed by atoms with E-state index < -0.39 is 0 Å². The molecule has 6 heteroatoms. The molecule has 0 atom stereocenters. The topological polar surface area (TPSA) is 38.1 Å². The van der Waals surface area contributed by atoms with Gasteiger partial charge in [0.1, 0.15) is 5.82 Å². The minimum absolute atomic E-state index is 0.100. The van der Waals surface area contributed by atoms with Gasteiger partial charge in [-0.25, -0.2) is 4.98 Å². The number of halogens is 1. The first-order chi connectivity index (χ1) is 8.65. The quantitative estimate of drug-likeness (QED) is 0.808. The van der Waals surface area contributed by atoms with Crippen LogP contribution in [0.5, 0.6) is 0 Å². The Morgan fingerprint density at radius 1 is 1.50 bits per heavy atom. The lowest BCUT2D eigenvalue weighted by Crippen LogP contribution is -2.37. The second-order valence-corrected chi connectivity index (χ2v) is 6.70. The first-order valence-electron chi connectivity index (χ1n) is 5.70. The number of hydrogen-bond acceptors (Lipinski definition) is 3. The van der Waals surface area contributed by atoms with Crippen LogP contribution in [-0.2, 0) is 13.1 Å². The Kier molecular flexibility index (Phi) is 2.99. The number of aromatic nitrogens is 2. The zero-order valence-electron chi connectivity index (χ0n) is 9.89. The molecule has 4 nitrogen and oxygen atoms in total. The van der Waals surface area contributed by atoms with Crippen molar-refractivity contribution in [1.82, 2.24) is 14.5 Å². The van der Waals surface area contributed by atoms with Crippen molar-refractivity contribution in [3.63, 3.8) is 0 Å². The molecule has 0 radical (unpaired) electrons. The zero-order valence-corrected chi connectivity index (χ0v) is 12.3. The highest BCUT2D eigenvalue weighted by molar-refractivity contribution is 9.11. The van der Waals surface area contributed by atoms with Crippen LogP contribution in [0.3, 0.4) is 0 Å². The summed E-state index contributed by atoms with van der Waals surface area (Å²) in [5.74, 6) is 1.06. The lowest BCUT2D eigenvalue weighted by Gasteiger charge is -2.27. The fraction of sp³-hybridized carbons (Fsp3) is 0.333. The molecule has 0 bridgehead atoms. The average molecular weight is 326 g/mol. The molecule has 0 aromatic carbocycles. The summed E-state index contributed by atoms with van der Waals surface area (Å²) in [7, 11) is 0. The van der Waals surface area contributed by atoms with E-state index in [0.29, 0.717) is 6.54 Å². The van der Waals surface area contributed by atoms with Crippen LogP contribution < -0.4 is 0 Å². The van der Waals surface area contributed by atoms with E-state index >= 15 is 0 Å². The number of hydrogen-bond donors (Lipinski definition) is 0. The Morgan fingerprint density at radius 2 is 2.33 bits per heavy atom. The standard InChI is InChI=1S/C12H12BrN3OS/c1-8-6-9(18-11(8)13)12(17)16-5-4-15-3-2-14-10(15)7-16/h2-3,6H,4-5,7H2,1H3. The second kappa shape index (κ2) is 4.51. The third-order valence-corrected chi connectivity index (χ3v) is 5.22. The molecule has 18 heavy (non-hydrogen) atoms. The smallest absolute Gasteiger partial charge is 0.264 e. The number of thiophene rings is 1. The van der Waals surface area contributed by atoms with Crippen LogP contribution in [0, 0.1) is 6.92 Å². The van der Waals surface area contributed by atoms with Crippen molar-refractivity contribution in [2.24, 2.45) is 0 Å². The highest BCUT2D eigenvalue weighted by atomic mass is 79.9. The summed E-state index contributed by atoms with van der Waals surface area (Å²) in [6.45, 7) is 4.17. The number of rotatable bonds is 1. The fourth-order valence-electron chi connectivity index (χ4n) is 2.07. The fourth-order valence-corrected chi connectivity index (χ4v) is 3.57. The van der Waals surface area contributed by atoms with Crippen LogP contribution in [0.25, 0.3) is 0 Å². The number of carbonyl (C=O) groups excluding carboxylic acids is 1. The van der Waals surface area contributed by atoms with Gasteiger partial charge in [-0.3, -0.25) is 4.79 Å². The van der Waals surface area contributed by atoms with Crippen LogP contribution in [0.4, 0.5) is 0 Å². The summed E-state index contributed by atoms with van der Waals surface area (Å²) < 4.78 is 3.13.